The van der Waals surface area contributed by atoms with Gasteiger partial charge < -0.3 is 19.2 Å². The van der Waals surface area contributed by atoms with Crippen molar-refractivity contribution in [2.45, 2.75) is 6.92 Å². The molecule has 6 heteroatoms. The summed E-state index contributed by atoms with van der Waals surface area (Å²) >= 11 is 0. The number of nitrogens with one attached hydrogen (secondary N) is 1. The zero-order valence-corrected chi connectivity index (χ0v) is 14.6. The molecule has 3 aromatic heterocycles. The predicted octanol–water partition coefficient (Wildman–Crippen LogP) is 1.94. The molecule has 0 aliphatic rings. The molecule has 126 valence electrons. The molecule has 24 heavy (non-hydrogen) atoms. The lowest BCUT2D eigenvalue weighted by atomic mass is 10.2. The van der Waals surface area contributed by atoms with E-state index in [9.17, 15) is 4.79 Å². The van der Waals surface area contributed by atoms with Crippen molar-refractivity contribution in [3.05, 3.63) is 48.0 Å². The number of rotatable bonds is 5. The van der Waals surface area contributed by atoms with Crippen LogP contribution in [0, 0.1) is 6.92 Å². The van der Waals surface area contributed by atoms with Crippen LogP contribution in [0.25, 0.3) is 16.9 Å². The quantitative estimate of drug-likeness (QED) is 0.780. The maximum Gasteiger partial charge on any atom is 0.253 e. The average Bonchev–Trinajstić information content (AvgIpc) is 3.08. The zero-order chi connectivity index (χ0) is 17.3. The van der Waals surface area contributed by atoms with Gasteiger partial charge in [0.25, 0.3) is 5.91 Å². The Hall–Kier alpha value is -2.60. The summed E-state index contributed by atoms with van der Waals surface area (Å²) in [5.74, 6) is 0.882. The van der Waals surface area contributed by atoms with Crippen molar-refractivity contribution in [3.63, 3.8) is 0 Å². The summed E-state index contributed by atoms with van der Waals surface area (Å²) < 4.78 is 4.00. The number of carbonyl (C=O) groups is 1. The van der Waals surface area contributed by atoms with Gasteiger partial charge in [-0.25, -0.2) is 4.98 Å². The molecule has 1 amide bonds. The van der Waals surface area contributed by atoms with Crippen molar-refractivity contribution in [1.29, 1.82) is 0 Å². The van der Waals surface area contributed by atoms with Crippen molar-refractivity contribution in [2.24, 2.45) is 7.05 Å². The lowest BCUT2D eigenvalue weighted by Gasteiger charge is -2.10. The highest BCUT2D eigenvalue weighted by Crippen LogP contribution is 2.25. The Morgan fingerprint density at radius 3 is 2.79 bits per heavy atom. The van der Waals surface area contributed by atoms with Gasteiger partial charge >= 0.3 is 0 Å². The van der Waals surface area contributed by atoms with Crippen LogP contribution in [-0.2, 0) is 7.05 Å². The number of nitrogens with zero attached hydrogens (tertiary/aromatic N) is 4. The van der Waals surface area contributed by atoms with Gasteiger partial charge in [-0.1, -0.05) is 6.07 Å². The fourth-order valence-electron chi connectivity index (χ4n) is 2.70. The molecule has 6 nitrogen and oxygen atoms in total. The third-order valence-corrected chi connectivity index (χ3v) is 4.14. The monoisotopic (exact) mass is 325 g/mol. The van der Waals surface area contributed by atoms with E-state index in [4.69, 9.17) is 0 Å². The summed E-state index contributed by atoms with van der Waals surface area (Å²) in [6, 6.07) is 7.78. The predicted molar refractivity (Wildman–Crippen MR) is 95.2 cm³/mol. The molecule has 3 heterocycles. The van der Waals surface area contributed by atoms with E-state index in [1.54, 1.807) is 0 Å². The number of likely N-dealkylation sites (N-methyl/N-ethyl adjacent to an activating group) is 1. The number of pyridine rings is 1. The zero-order valence-electron chi connectivity index (χ0n) is 14.6. The summed E-state index contributed by atoms with van der Waals surface area (Å²) in [6.07, 6.45) is 3.95. The number of aryl methyl sites for hydroxylation is 2. The first-order chi connectivity index (χ1) is 11.5. The van der Waals surface area contributed by atoms with Crippen molar-refractivity contribution in [2.75, 3.05) is 27.2 Å². The number of fused-ring (bicyclic) bond motifs is 1. The second kappa shape index (κ2) is 6.49. The lowest BCUT2D eigenvalue weighted by molar-refractivity contribution is 0.0953. The average molecular weight is 325 g/mol. The molecule has 0 saturated carbocycles. The minimum atomic E-state index is -0.0561. The Kier molecular flexibility index (Phi) is 4.40. The van der Waals surface area contributed by atoms with E-state index in [1.807, 2.05) is 78.6 Å². The second-order valence-corrected chi connectivity index (χ2v) is 6.24. The van der Waals surface area contributed by atoms with E-state index in [0.29, 0.717) is 12.1 Å². The van der Waals surface area contributed by atoms with Crippen molar-refractivity contribution in [1.82, 2.24) is 24.2 Å². The van der Waals surface area contributed by atoms with Crippen LogP contribution >= 0.6 is 0 Å². The Morgan fingerprint density at radius 1 is 1.33 bits per heavy atom. The SMILES string of the molecule is Cc1nc(-c2cc(C(=O)NCCN(C)C)c3ccccn23)cn1C. The maximum absolute atomic E-state index is 12.6. The molecule has 0 aromatic carbocycles. The van der Waals surface area contributed by atoms with Crippen molar-refractivity contribution < 1.29 is 4.79 Å². The Balaban J connectivity index is 1.99. The third-order valence-electron chi connectivity index (χ3n) is 4.14. The van der Waals surface area contributed by atoms with Crippen LogP contribution in [0.4, 0.5) is 0 Å². The van der Waals surface area contributed by atoms with Gasteiger partial charge in [-0.15, -0.1) is 0 Å². The Bertz CT molecular complexity index is 855. The highest BCUT2D eigenvalue weighted by molar-refractivity contribution is 6.02. The van der Waals surface area contributed by atoms with Crippen LogP contribution in [0.5, 0.6) is 0 Å². The number of carbonyl (C=O) groups excluding carboxylic acids is 1. The highest BCUT2D eigenvalue weighted by Gasteiger charge is 2.17. The van der Waals surface area contributed by atoms with Gasteiger partial charge in [0, 0.05) is 32.5 Å². The largest absolute Gasteiger partial charge is 0.351 e. The normalized spacial score (nSPS) is 11.4. The smallest absolute Gasteiger partial charge is 0.253 e. The topological polar surface area (TPSA) is 54.6 Å². The molecule has 0 bridgehead atoms. The molecule has 0 radical (unpaired) electrons. The molecular formula is C18H23N5O. The van der Waals surface area contributed by atoms with Gasteiger partial charge in [0.15, 0.2) is 0 Å². The molecule has 0 saturated heterocycles. The molecule has 0 aliphatic carbocycles. The van der Waals surface area contributed by atoms with Gasteiger partial charge in [-0.3, -0.25) is 4.79 Å². The molecule has 0 atom stereocenters. The first-order valence-electron chi connectivity index (χ1n) is 8.00. The second-order valence-electron chi connectivity index (χ2n) is 6.24. The number of imidazole rings is 1. The Labute approximate surface area is 141 Å². The molecule has 3 rings (SSSR count). The van der Waals surface area contributed by atoms with Gasteiger partial charge in [-0.05, 0) is 39.2 Å². The molecule has 0 aliphatic heterocycles. The molecule has 0 unspecified atom stereocenters. The number of aromatic nitrogens is 3. The fraction of sp³-hybridized carbons (Fsp3) is 0.333. The first-order valence-corrected chi connectivity index (χ1v) is 8.00. The van der Waals surface area contributed by atoms with Crippen LogP contribution in [0.1, 0.15) is 16.2 Å². The van der Waals surface area contributed by atoms with Crippen LogP contribution in [0.3, 0.4) is 0 Å². The fourth-order valence-corrected chi connectivity index (χ4v) is 2.70. The summed E-state index contributed by atoms with van der Waals surface area (Å²) in [5, 5.41) is 2.98. The molecular weight excluding hydrogens is 302 g/mol. The number of hydrogen-bond donors (Lipinski definition) is 1. The van der Waals surface area contributed by atoms with E-state index >= 15 is 0 Å². The lowest BCUT2D eigenvalue weighted by Crippen LogP contribution is -2.31. The van der Waals surface area contributed by atoms with Crippen molar-refractivity contribution in [3.8, 4) is 11.4 Å². The minimum absolute atomic E-state index is 0.0561. The molecule has 3 aromatic rings. The van der Waals surface area contributed by atoms with Gasteiger partial charge in [0.1, 0.15) is 11.5 Å². The standard InChI is InChI=1S/C18H23N5O/c1-13-20-15(12-22(13)4)17-11-14(16-7-5-6-9-23(16)17)18(24)19-8-10-21(2)3/h5-7,9,11-12H,8,10H2,1-4H3,(H,19,24). The highest BCUT2D eigenvalue weighted by atomic mass is 16.1. The third kappa shape index (κ3) is 3.05. The van der Waals surface area contributed by atoms with E-state index < -0.39 is 0 Å². The molecule has 1 N–H and O–H groups in total. The van der Waals surface area contributed by atoms with Crippen molar-refractivity contribution >= 4 is 11.4 Å². The van der Waals surface area contributed by atoms with Crippen LogP contribution < -0.4 is 5.32 Å². The van der Waals surface area contributed by atoms with Gasteiger partial charge in [-0.2, -0.15) is 0 Å². The minimum Gasteiger partial charge on any atom is -0.351 e. The molecule has 0 fully saturated rings. The summed E-state index contributed by atoms with van der Waals surface area (Å²) in [4.78, 5) is 19.2. The van der Waals surface area contributed by atoms with Crippen LogP contribution in [0.2, 0.25) is 0 Å². The van der Waals surface area contributed by atoms with Crippen LogP contribution in [-0.4, -0.2) is 51.9 Å². The van der Waals surface area contributed by atoms with E-state index in [2.05, 4.69) is 10.3 Å². The van der Waals surface area contributed by atoms with Gasteiger partial charge in [0.2, 0.25) is 0 Å². The Morgan fingerprint density at radius 2 is 2.12 bits per heavy atom. The van der Waals surface area contributed by atoms with Crippen LogP contribution in [0.15, 0.2) is 36.7 Å². The number of amides is 1. The van der Waals surface area contributed by atoms with E-state index in [0.717, 1.165) is 29.3 Å². The maximum atomic E-state index is 12.6. The number of hydrogen-bond acceptors (Lipinski definition) is 3. The summed E-state index contributed by atoms with van der Waals surface area (Å²) in [6.45, 7) is 3.39. The first kappa shape index (κ1) is 16.3. The van der Waals surface area contributed by atoms with E-state index in [-0.39, 0.29) is 5.91 Å². The van der Waals surface area contributed by atoms with E-state index in [1.165, 1.54) is 0 Å². The van der Waals surface area contributed by atoms with Gasteiger partial charge in [0.05, 0.1) is 16.8 Å². The summed E-state index contributed by atoms with van der Waals surface area (Å²) in [5.41, 5.74) is 3.35. The summed E-state index contributed by atoms with van der Waals surface area (Å²) in [7, 11) is 5.94. The molecule has 0 spiro atoms.